The average molecular weight is 460 g/mol. The highest BCUT2D eigenvalue weighted by Gasteiger charge is 2.29. The summed E-state index contributed by atoms with van der Waals surface area (Å²) in [6.07, 6.45) is 4.44. The highest BCUT2D eigenvalue weighted by atomic mass is 32.2. The Morgan fingerprint density at radius 1 is 0.938 bits per heavy atom. The highest BCUT2D eigenvalue weighted by Crippen LogP contribution is 2.29. The van der Waals surface area contributed by atoms with Crippen molar-refractivity contribution in [2.45, 2.75) is 43.9 Å². The molecule has 1 aliphatic heterocycles. The third kappa shape index (κ3) is 5.55. The third-order valence-corrected chi connectivity index (χ3v) is 7.52. The van der Waals surface area contributed by atoms with E-state index in [-0.39, 0.29) is 22.0 Å². The number of Topliss-reactive ketones (excluding diaryl/α,β-unsaturated/α-hetero) is 1. The first kappa shape index (κ1) is 23.9. The van der Waals surface area contributed by atoms with Gasteiger partial charge in [-0.15, -0.1) is 0 Å². The van der Waals surface area contributed by atoms with E-state index in [0.717, 1.165) is 37.7 Å². The summed E-state index contributed by atoms with van der Waals surface area (Å²) in [5, 5.41) is 0. The number of hydrogen-bond acceptors (Lipinski definition) is 6. The molecule has 32 heavy (non-hydrogen) atoms. The number of hydrogen-bond donors (Lipinski definition) is 0. The fraction of sp³-hybridized carbons (Fsp3) is 0.417. The number of aryl methyl sites for hydroxylation is 1. The van der Waals surface area contributed by atoms with Crippen LogP contribution in [0.4, 0.5) is 0 Å². The van der Waals surface area contributed by atoms with E-state index >= 15 is 0 Å². The van der Waals surface area contributed by atoms with Gasteiger partial charge < -0.3 is 9.47 Å². The largest absolute Gasteiger partial charge is 0.495 e. The Balaban J connectivity index is 1.76. The van der Waals surface area contributed by atoms with Crippen LogP contribution in [0.1, 0.15) is 58.9 Å². The van der Waals surface area contributed by atoms with Gasteiger partial charge in [0.25, 0.3) is 0 Å². The van der Waals surface area contributed by atoms with Crippen LogP contribution in [0.5, 0.6) is 5.75 Å². The van der Waals surface area contributed by atoms with Crippen molar-refractivity contribution in [2.24, 2.45) is 0 Å². The van der Waals surface area contributed by atoms with Crippen molar-refractivity contribution < 1.29 is 27.5 Å². The third-order valence-electron chi connectivity index (χ3n) is 5.60. The normalized spacial score (nSPS) is 15.1. The summed E-state index contributed by atoms with van der Waals surface area (Å²) < 4.78 is 38.3. The van der Waals surface area contributed by atoms with E-state index in [9.17, 15) is 18.0 Å². The van der Waals surface area contributed by atoms with Gasteiger partial charge in [0.1, 0.15) is 10.6 Å². The maximum Gasteiger partial charge on any atom is 0.338 e. The van der Waals surface area contributed by atoms with Crippen LogP contribution in [0.25, 0.3) is 0 Å². The average Bonchev–Trinajstić information content (AvgIpc) is 3.12. The SMILES string of the molecule is CCc1ccc(C(=O)COC(=O)c2ccc(OC)c(S(=O)(=O)N3CCCCCC3)c2)cc1. The molecular formula is C24H29NO6S. The Morgan fingerprint density at radius 2 is 1.56 bits per heavy atom. The van der Waals surface area contributed by atoms with Crippen LogP contribution in [0, 0.1) is 0 Å². The van der Waals surface area contributed by atoms with Gasteiger partial charge in [-0.05, 0) is 43.0 Å². The second-order valence-electron chi connectivity index (χ2n) is 7.73. The maximum absolute atomic E-state index is 13.2. The van der Waals surface area contributed by atoms with Crippen LogP contribution in [0.3, 0.4) is 0 Å². The molecule has 2 aromatic carbocycles. The Kier molecular flexibility index (Phi) is 8.04. The van der Waals surface area contributed by atoms with Crippen molar-refractivity contribution in [1.29, 1.82) is 0 Å². The number of carbonyl (C=O) groups excluding carboxylic acids is 2. The quantitative estimate of drug-likeness (QED) is 0.440. The molecule has 0 amide bonds. The second-order valence-corrected chi connectivity index (χ2v) is 9.64. The van der Waals surface area contributed by atoms with Crippen molar-refractivity contribution in [1.82, 2.24) is 4.31 Å². The van der Waals surface area contributed by atoms with Crippen molar-refractivity contribution in [3.05, 3.63) is 59.2 Å². The van der Waals surface area contributed by atoms with Gasteiger partial charge in [-0.2, -0.15) is 4.31 Å². The van der Waals surface area contributed by atoms with Gasteiger partial charge in [0.15, 0.2) is 12.4 Å². The van der Waals surface area contributed by atoms with E-state index in [1.54, 1.807) is 12.1 Å². The zero-order valence-electron chi connectivity index (χ0n) is 18.5. The molecule has 0 bridgehead atoms. The molecule has 7 nitrogen and oxygen atoms in total. The van der Waals surface area contributed by atoms with E-state index in [0.29, 0.717) is 18.7 Å². The van der Waals surface area contributed by atoms with Crippen LogP contribution in [-0.2, 0) is 21.2 Å². The molecule has 0 atom stereocenters. The molecule has 3 rings (SSSR count). The van der Waals surface area contributed by atoms with Crippen molar-refractivity contribution in [2.75, 3.05) is 26.8 Å². The summed E-state index contributed by atoms with van der Waals surface area (Å²) in [4.78, 5) is 24.8. The Labute approximate surface area is 189 Å². The molecule has 0 spiro atoms. The van der Waals surface area contributed by atoms with Gasteiger partial charge in [-0.25, -0.2) is 13.2 Å². The molecule has 2 aromatic rings. The topological polar surface area (TPSA) is 90.0 Å². The lowest BCUT2D eigenvalue weighted by Crippen LogP contribution is -2.32. The van der Waals surface area contributed by atoms with Crippen molar-refractivity contribution >= 4 is 21.8 Å². The number of methoxy groups -OCH3 is 1. The predicted molar refractivity (Wildman–Crippen MR) is 121 cm³/mol. The molecule has 8 heteroatoms. The number of ketones is 1. The lowest BCUT2D eigenvalue weighted by atomic mass is 10.1. The minimum atomic E-state index is -3.83. The molecule has 0 radical (unpaired) electrons. The van der Waals surface area contributed by atoms with Crippen LogP contribution in [0.2, 0.25) is 0 Å². The second kappa shape index (κ2) is 10.7. The summed E-state index contributed by atoms with van der Waals surface area (Å²) in [6, 6.07) is 11.3. The van der Waals surface area contributed by atoms with E-state index in [4.69, 9.17) is 9.47 Å². The lowest BCUT2D eigenvalue weighted by molar-refractivity contribution is 0.0474. The number of nitrogens with zero attached hydrogens (tertiary/aromatic N) is 1. The number of ether oxygens (including phenoxy) is 2. The Morgan fingerprint density at radius 3 is 2.16 bits per heavy atom. The fourth-order valence-electron chi connectivity index (χ4n) is 3.65. The molecular weight excluding hydrogens is 430 g/mol. The van der Waals surface area contributed by atoms with Crippen LogP contribution >= 0.6 is 0 Å². The number of esters is 1. The van der Waals surface area contributed by atoms with Gasteiger partial charge in [0.05, 0.1) is 12.7 Å². The molecule has 1 saturated heterocycles. The first-order chi connectivity index (χ1) is 15.4. The van der Waals surface area contributed by atoms with Gasteiger partial charge in [-0.3, -0.25) is 4.79 Å². The molecule has 1 heterocycles. The van der Waals surface area contributed by atoms with Gasteiger partial charge >= 0.3 is 5.97 Å². The molecule has 0 aromatic heterocycles. The van der Waals surface area contributed by atoms with Crippen molar-refractivity contribution in [3.63, 3.8) is 0 Å². The first-order valence-corrected chi connectivity index (χ1v) is 12.3. The molecule has 1 fully saturated rings. The maximum atomic E-state index is 13.2. The summed E-state index contributed by atoms with van der Waals surface area (Å²) >= 11 is 0. The molecule has 0 aliphatic carbocycles. The lowest BCUT2D eigenvalue weighted by Gasteiger charge is -2.21. The van der Waals surface area contributed by atoms with Crippen LogP contribution in [0.15, 0.2) is 47.4 Å². The monoisotopic (exact) mass is 459 g/mol. The predicted octanol–water partition coefficient (Wildman–Crippen LogP) is 3.86. The Hall–Kier alpha value is -2.71. The van der Waals surface area contributed by atoms with Gasteiger partial charge in [-0.1, -0.05) is 44.0 Å². The zero-order valence-corrected chi connectivity index (χ0v) is 19.3. The summed E-state index contributed by atoms with van der Waals surface area (Å²) in [5.41, 5.74) is 1.61. The smallest absolute Gasteiger partial charge is 0.338 e. The number of sulfonamides is 1. The minimum Gasteiger partial charge on any atom is -0.495 e. The van der Waals surface area contributed by atoms with E-state index in [1.807, 2.05) is 19.1 Å². The fourth-order valence-corrected chi connectivity index (χ4v) is 5.35. The van der Waals surface area contributed by atoms with Gasteiger partial charge in [0, 0.05) is 18.7 Å². The molecule has 0 saturated carbocycles. The van der Waals surface area contributed by atoms with E-state index in [1.165, 1.54) is 29.6 Å². The van der Waals surface area contributed by atoms with Crippen LogP contribution in [-0.4, -0.2) is 51.3 Å². The summed E-state index contributed by atoms with van der Waals surface area (Å²) in [7, 11) is -2.45. The van der Waals surface area contributed by atoms with Gasteiger partial charge in [0.2, 0.25) is 10.0 Å². The molecule has 0 unspecified atom stereocenters. The van der Waals surface area contributed by atoms with Crippen LogP contribution < -0.4 is 4.74 Å². The molecule has 0 N–H and O–H groups in total. The van der Waals surface area contributed by atoms with E-state index in [2.05, 4.69) is 0 Å². The molecule has 1 aliphatic rings. The van der Waals surface area contributed by atoms with Crippen molar-refractivity contribution in [3.8, 4) is 5.75 Å². The zero-order chi connectivity index (χ0) is 23.1. The minimum absolute atomic E-state index is 0.0494. The summed E-state index contributed by atoms with van der Waals surface area (Å²) in [5.74, 6) is -0.927. The Bertz CT molecular complexity index is 1050. The number of carbonyl (C=O) groups is 2. The first-order valence-electron chi connectivity index (χ1n) is 10.8. The number of rotatable bonds is 8. The number of benzene rings is 2. The molecule has 172 valence electrons. The highest BCUT2D eigenvalue weighted by molar-refractivity contribution is 7.89. The van der Waals surface area contributed by atoms with E-state index < -0.39 is 22.6 Å². The summed E-state index contributed by atoms with van der Waals surface area (Å²) in [6.45, 7) is 2.47. The standard InChI is InChI=1S/C24H29NO6S/c1-3-18-8-10-19(11-9-18)21(26)17-31-24(27)20-12-13-22(30-2)23(16-20)32(28,29)25-14-6-4-5-7-15-25/h8-13,16H,3-7,14-15,17H2,1-2H3.